The van der Waals surface area contributed by atoms with Gasteiger partial charge in [0.25, 0.3) is 0 Å². The van der Waals surface area contributed by atoms with Crippen LogP contribution in [0.1, 0.15) is 19.0 Å². The molecular weight excluding hydrogens is 518 g/mol. The number of nitrogens with one attached hydrogen (secondary N) is 1. The van der Waals surface area contributed by atoms with Crippen LogP contribution in [0.4, 0.5) is 11.5 Å². The summed E-state index contributed by atoms with van der Waals surface area (Å²) in [6, 6.07) is 3.24. The molecule has 0 saturated carbocycles. The van der Waals surface area contributed by atoms with Gasteiger partial charge in [-0.1, -0.05) is 11.6 Å². The van der Waals surface area contributed by atoms with Crippen LogP contribution in [0.2, 0.25) is 5.15 Å². The van der Waals surface area contributed by atoms with Gasteiger partial charge in [-0.25, -0.2) is 38.0 Å². The van der Waals surface area contributed by atoms with Gasteiger partial charge in [0, 0.05) is 50.6 Å². The fraction of sp³-hybridized carbons (Fsp3) is 0.304. The van der Waals surface area contributed by atoms with E-state index < -0.39 is 9.84 Å². The number of ether oxygens (including phenoxy) is 1. The first-order chi connectivity index (χ1) is 17.5. The van der Waals surface area contributed by atoms with E-state index in [9.17, 15) is 8.42 Å². The Morgan fingerprint density at radius 3 is 2.57 bits per heavy atom. The fourth-order valence-corrected chi connectivity index (χ4v) is 4.24. The lowest BCUT2D eigenvalue weighted by atomic mass is 10.1. The minimum Gasteiger partial charge on any atom is -0.477 e. The summed E-state index contributed by atoms with van der Waals surface area (Å²) in [5, 5.41) is 8.12. The lowest BCUT2D eigenvalue weighted by Crippen LogP contribution is -2.19. The molecule has 0 aliphatic rings. The number of sulfone groups is 1. The normalized spacial score (nSPS) is 12.4. The highest BCUT2D eigenvalue weighted by molar-refractivity contribution is 7.90. The third-order valence-corrected chi connectivity index (χ3v) is 6.70. The van der Waals surface area contributed by atoms with E-state index >= 15 is 0 Å². The Morgan fingerprint density at radius 2 is 1.89 bits per heavy atom. The molecule has 37 heavy (non-hydrogen) atoms. The number of pyridine rings is 1. The summed E-state index contributed by atoms with van der Waals surface area (Å²) in [7, 11) is -1.62. The molecule has 0 radical (unpaired) electrons. The molecule has 4 aromatic heterocycles. The molecule has 0 aliphatic heterocycles. The molecule has 0 aliphatic carbocycles. The van der Waals surface area contributed by atoms with Crippen LogP contribution in [0.15, 0.2) is 41.8 Å². The van der Waals surface area contributed by atoms with Gasteiger partial charge in [0.15, 0.2) is 21.5 Å². The molecule has 14 heteroatoms. The molecule has 0 saturated heterocycles. The number of hydrogen-bond donors (Lipinski definition) is 2. The third kappa shape index (κ3) is 6.12. The summed E-state index contributed by atoms with van der Waals surface area (Å²) < 4.78 is 31.2. The Hall–Kier alpha value is -3.84. The van der Waals surface area contributed by atoms with Gasteiger partial charge in [-0.2, -0.15) is 5.10 Å². The summed E-state index contributed by atoms with van der Waals surface area (Å²) in [4.78, 5) is 21.2. The molecule has 4 aromatic rings. The van der Waals surface area contributed by atoms with E-state index in [1.54, 1.807) is 36.3 Å². The lowest BCUT2D eigenvalue weighted by molar-refractivity contribution is 0.280. The van der Waals surface area contributed by atoms with Gasteiger partial charge in [0.1, 0.15) is 21.4 Å². The van der Waals surface area contributed by atoms with E-state index in [0.717, 1.165) is 11.9 Å². The van der Waals surface area contributed by atoms with Crippen molar-refractivity contribution in [3.63, 3.8) is 0 Å². The second kappa shape index (κ2) is 10.6. The van der Waals surface area contributed by atoms with Gasteiger partial charge in [-0.15, -0.1) is 0 Å². The van der Waals surface area contributed by atoms with E-state index in [2.05, 4.69) is 35.3 Å². The second-order valence-electron chi connectivity index (χ2n) is 8.44. The van der Waals surface area contributed by atoms with Crippen LogP contribution in [-0.4, -0.2) is 62.0 Å². The van der Waals surface area contributed by atoms with E-state index in [4.69, 9.17) is 22.1 Å². The van der Waals surface area contributed by atoms with Crippen LogP contribution in [0.25, 0.3) is 22.8 Å². The molecular formula is C23H26ClN9O3S. The number of aryl methyl sites for hydroxylation is 2. The Kier molecular flexibility index (Phi) is 7.55. The first-order valence-electron chi connectivity index (χ1n) is 11.2. The first kappa shape index (κ1) is 26.2. The minimum absolute atomic E-state index is 0.0339. The van der Waals surface area contributed by atoms with E-state index in [-0.39, 0.29) is 10.9 Å². The van der Waals surface area contributed by atoms with Crippen LogP contribution >= 0.6 is 11.6 Å². The SMILES string of the molecule is Cc1nn(C)c(OCC[C@H](C)Nc2cc(Cl)ncc2-c2ncc(S(C)(=O)=O)cn2)c1-c1nccc(N)n1. The Labute approximate surface area is 219 Å². The van der Waals surface area contributed by atoms with E-state index in [0.29, 0.717) is 58.3 Å². The van der Waals surface area contributed by atoms with Crippen molar-refractivity contribution in [2.24, 2.45) is 7.05 Å². The van der Waals surface area contributed by atoms with Gasteiger partial charge < -0.3 is 15.8 Å². The number of nitrogens with zero attached hydrogens (tertiary/aromatic N) is 7. The topological polar surface area (TPSA) is 164 Å². The molecule has 12 nitrogen and oxygen atoms in total. The predicted octanol–water partition coefficient (Wildman–Crippen LogP) is 2.95. The van der Waals surface area contributed by atoms with Crippen molar-refractivity contribution >= 4 is 32.9 Å². The summed E-state index contributed by atoms with van der Waals surface area (Å²) in [6.45, 7) is 4.22. The predicted molar refractivity (Wildman–Crippen MR) is 140 cm³/mol. The maximum Gasteiger partial charge on any atom is 0.223 e. The van der Waals surface area contributed by atoms with Crippen LogP contribution in [-0.2, 0) is 16.9 Å². The smallest absolute Gasteiger partial charge is 0.223 e. The molecule has 4 rings (SSSR count). The van der Waals surface area contributed by atoms with Gasteiger partial charge in [-0.3, -0.25) is 0 Å². The standard InChI is InChI=1S/C23H26ClN9O3S/c1-13(6-8-36-23-20(14(2)32-33(23)3)22-26-7-5-19(25)31-22)30-17-9-18(24)27-12-16(17)21-28-10-15(11-29-21)37(4,34)35/h5,7,9-13H,6,8H2,1-4H3,(H,27,30)(H2,25,26,31)/t13-/m0/s1. The number of nitrogens with two attached hydrogens (primary N) is 1. The van der Waals surface area contributed by atoms with Gasteiger partial charge in [0.05, 0.1) is 23.6 Å². The van der Waals surface area contributed by atoms with E-state index in [1.807, 2.05) is 13.8 Å². The maximum atomic E-state index is 11.7. The van der Waals surface area contributed by atoms with Crippen molar-refractivity contribution in [1.82, 2.24) is 34.7 Å². The number of anilines is 2. The van der Waals surface area contributed by atoms with Crippen LogP contribution in [0.5, 0.6) is 5.88 Å². The molecule has 4 heterocycles. The zero-order chi connectivity index (χ0) is 26.7. The highest BCUT2D eigenvalue weighted by Crippen LogP contribution is 2.31. The lowest BCUT2D eigenvalue weighted by Gasteiger charge is -2.18. The summed E-state index contributed by atoms with van der Waals surface area (Å²) >= 11 is 6.14. The third-order valence-electron chi connectivity index (χ3n) is 5.43. The summed E-state index contributed by atoms with van der Waals surface area (Å²) in [5.41, 5.74) is 8.49. The molecule has 0 unspecified atom stereocenters. The largest absolute Gasteiger partial charge is 0.477 e. The van der Waals surface area contributed by atoms with Crippen molar-refractivity contribution in [1.29, 1.82) is 0 Å². The quantitative estimate of drug-likeness (QED) is 0.298. The van der Waals surface area contributed by atoms with Crippen molar-refractivity contribution in [2.45, 2.75) is 31.2 Å². The molecule has 0 fully saturated rings. The van der Waals surface area contributed by atoms with Crippen molar-refractivity contribution < 1.29 is 13.2 Å². The fourth-order valence-electron chi connectivity index (χ4n) is 3.60. The number of nitrogen functional groups attached to an aromatic ring is 1. The van der Waals surface area contributed by atoms with Gasteiger partial charge >= 0.3 is 0 Å². The first-order valence-corrected chi connectivity index (χ1v) is 13.5. The average molecular weight is 544 g/mol. The monoisotopic (exact) mass is 543 g/mol. The number of rotatable bonds is 9. The van der Waals surface area contributed by atoms with Gasteiger partial charge in [-0.05, 0) is 26.0 Å². The molecule has 1 atom stereocenters. The Bertz CT molecular complexity index is 1530. The number of hydrogen-bond acceptors (Lipinski definition) is 11. The summed E-state index contributed by atoms with van der Waals surface area (Å²) in [5.74, 6) is 1.67. The molecule has 194 valence electrons. The zero-order valence-corrected chi connectivity index (χ0v) is 22.2. The Balaban J connectivity index is 1.47. The average Bonchev–Trinajstić information content (AvgIpc) is 3.11. The highest BCUT2D eigenvalue weighted by Gasteiger charge is 2.20. The Morgan fingerprint density at radius 1 is 1.16 bits per heavy atom. The maximum absolute atomic E-state index is 11.7. The zero-order valence-electron chi connectivity index (χ0n) is 20.7. The molecule has 0 aromatic carbocycles. The highest BCUT2D eigenvalue weighted by atomic mass is 35.5. The number of halogens is 1. The minimum atomic E-state index is -3.41. The molecule has 3 N–H and O–H groups in total. The van der Waals surface area contributed by atoms with Crippen LogP contribution < -0.4 is 15.8 Å². The molecule has 0 spiro atoms. The van der Waals surface area contributed by atoms with Crippen LogP contribution in [0, 0.1) is 6.92 Å². The molecule has 0 bridgehead atoms. The van der Waals surface area contributed by atoms with Gasteiger partial charge in [0.2, 0.25) is 5.88 Å². The van der Waals surface area contributed by atoms with Crippen LogP contribution in [0.3, 0.4) is 0 Å². The second-order valence-corrected chi connectivity index (χ2v) is 10.8. The van der Waals surface area contributed by atoms with Crippen molar-refractivity contribution in [3.8, 4) is 28.7 Å². The molecule has 0 amide bonds. The van der Waals surface area contributed by atoms with E-state index in [1.165, 1.54) is 12.4 Å². The van der Waals surface area contributed by atoms with Crippen molar-refractivity contribution in [2.75, 3.05) is 23.9 Å². The summed E-state index contributed by atoms with van der Waals surface area (Å²) in [6.07, 6.45) is 7.39. The van der Waals surface area contributed by atoms with Crippen molar-refractivity contribution in [3.05, 3.63) is 47.8 Å². The number of aromatic nitrogens is 7.